The van der Waals surface area contributed by atoms with Gasteiger partial charge in [0.05, 0.1) is 23.2 Å². The van der Waals surface area contributed by atoms with Gasteiger partial charge in [0.15, 0.2) is 0 Å². The van der Waals surface area contributed by atoms with E-state index in [0.717, 1.165) is 48.4 Å². The third kappa shape index (κ3) is 6.27. The molecule has 2 heterocycles. The number of carbonyl (C=O) groups excluding carboxylic acids is 1. The maximum Gasteiger partial charge on any atom is 0.252 e. The first-order valence-corrected chi connectivity index (χ1v) is 12.4. The highest BCUT2D eigenvalue weighted by atomic mass is 16.5. The maximum atomic E-state index is 12.3. The third-order valence-corrected chi connectivity index (χ3v) is 6.09. The van der Waals surface area contributed by atoms with Crippen LogP contribution < -0.4 is 10.1 Å². The normalized spacial score (nSPS) is 11.2. The molecule has 6 heteroatoms. The fourth-order valence-corrected chi connectivity index (χ4v) is 4.26. The van der Waals surface area contributed by atoms with E-state index >= 15 is 0 Å². The molecule has 0 spiro atoms. The molecular weight excluding hydrogens is 436 g/mol. The maximum absolute atomic E-state index is 12.3. The fraction of sp³-hybridized carbons (Fsp3) is 0.345. The summed E-state index contributed by atoms with van der Waals surface area (Å²) in [6, 6.07) is 18.2. The molecule has 0 aliphatic rings. The molecule has 6 nitrogen and oxygen atoms in total. The molecule has 4 rings (SSSR count). The van der Waals surface area contributed by atoms with Crippen molar-refractivity contribution in [2.75, 3.05) is 13.2 Å². The number of hydrogen-bond acceptors (Lipinski definition) is 4. The van der Waals surface area contributed by atoms with E-state index in [-0.39, 0.29) is 5.91 Å². The number of rotatable bonds is 11. The Labute approximate surface area is 207 Å². The van der Waals surface area contributed by atoms with Crippen molar-refractivity contribution in [3.8, 4) is 5.75 Å². The van der Waals surface area contributed by atoms with Crippen LogP contribution in [0, 0.1) is 6.92 Å². The van der Waals surface area contributed by atoms with E-state index in [9.17, 15) is 4.79 Å². The summed E-state index contributed by atoms with van der Waals surface area (Å²) in [5.74, 6) is 2.36. The van der Waals surface area contributed by atoms with Crippen molar-refractivity contribution in [3.63, 3.8) is 0 Å². The Bertz CT molecular complexity index is 1260. The van der Waals surface area contributed by atoms with Crippen LogP contribution in [0.3, 0.4) is 0 Å². The van der Waals surface area contributed by atoms with Crippen molar-refractivity contribution in [2.45, 2.75) is 52.5 Å². The van der Waals surface area contributed by atoms with Crippen LogP contribution in [-0.4, -0.2) is 33.6 Å². The topological polar surface area (TPSA) is 69.0 Å². The first kappa shape index (κ1) is 24.5. The molecule has 2 aromatic heterocycles. The zero-order valence-electron chi connectivity index (χ0n) is 20.8. The number of benzene rings is 2. The summed E-state index contributed by atoms with van der Waals surface area (Å²) in [6.07, 6.45) is 5.73. The van der Waals surface area contributed by atoms with Gasteiger partial charge >= 0.3 is 0 Å². The first-order valence-electron chi connectivity index (χ1n) is 12.4. The number of imidazole rings is 1. The Kier molecular flexibility index (Phi) is 8.14. The number of nitrogens with zero attached hydrogens (tertiary/aromatic N) is 3. The largest absolute Gasteiger partial charge is 0.493 e. The van der Waals surface area contributed by atoms with Crippen LogP contribution in [0.5, 0.6) is 5.75 Å². The second-order valence-electron chi connectivity index (χ2n) is 9.17. The number of hydrogen-bond donors (Lipinski definition) is 1. The van der Waals surface area contributed by atoms with E-state index in [2.05, 4.69) is 72.0 Å². The van der Waals surface area contributed by atoms with Crippen LogP contribution in [0.2, 0.25) is 0 Å². The summed E-state index contributed by atoms with van der Waals surface area (Å²) < 4.78 is 8.50. The number of aryl methyl sites for hydroxylation is 3. The van der Waals surface area contributed by atoms with Gasteiger partial charge in [0, 0.05) is 31.9 Å². The number of aromatic nitrogens is 3. The number of fused-ring (bicyclic) bond motifs is 1. The highest BCUT2D eigenvalue weighted by Crippen LogP contribution is 2.27. The second-order valence-corrected chi connectivity index (χ2v) is 9.17. The van der Waals surface area contributed by atoms with E-state index in [1.807, 2.05) is 6.07 Å². The zero-order chi connectivity index (χ0) is 24.6. The molecule has 2 aromatic carbocycles. The second kappa shape index (κ2) is 11.6. The van der Waals surface area contributed by atoms with E-state index in [0.29, 0.717) is 24.6 Å². The quantitative estimate of drug-likeness (QED) is 0.286. The predicted molar refractivity (Wildman–Crippen MR) is 140 cm³/mol. The SMILES string of the molecule is Cc1ccc(C(C)C)c(OCCCn2c(CCCNC(=O)c3cccnc3)nc3ccccc32)c1. The van der Waals surface area contributed by atoms with Crippen molar-refractivity contribution >= 4 is 16.9 Å². The monoisotopic (exact) mass is 470 g/mol. The van der Waals surface area contributed by atoms with Gasteiger partial charge in [-0.2, -0.15) is 0 Å². The number of nitrogens with one attached hydrogen (secondary N) is 1. The van der Waals surface area contributed by atoms with Gasteiger partial charge in [0.2, 0.25) is 0 Å². The summed E-state index contributed by atoms with van der Waals surface area (Å²) in [5.41, 5.74) is 5.18. The van der Waals surface area contributed by atoms with Crippen molar-refractivity contribution in [1.82, 2.24) is 19.9 Å². The minimum Gasteiger partial charge on any atom is -0.493 e. The third-order valence-electron chi connectivity index (χ3n) is 6.09. The predicted octanol–water partition coefficient (Wildman–Crippen LogP) is 5.69. The Balaban J connectivity index is 1.35. The summed E-state index contributed by atoms with van der Waals surface area (Å²) in [5, 5.41) is 2.98. The highest BCUT2D eigenvalue weighted by Gasteiger charge is 2.12. The highest BCUT2D eigenvalue weighted by molar-refractivity contribution is 5.93. The van der Waals surface area contributed by atoms with Crippen LogP contribution in [0.25, 0.3) is 11.0 Å². The molecule has 35 heavy (non-hydrogen) atoms. The Hall–Kier alpha value is -3.67. The summed E-state index contributed by atoms with van der Waals surface area (Å²) in [6.45, 7) is 8.56. The average molecular weight is 471 g/mol. The lowest BCUT2D eigenvalue weighted by Gasteiger charge is -2.15. The molecule has 0 aliphatic carbocycles. The van der Waals surface area contributed by atoms with Crippen LogP contribution >= 0.6 is 0 Å². The fourth-order valence-electron chi connectivity index (χ4n) is 4.26. The lowest BCUT2D eigenvalue weighted by molar-refractivity contribution is 0.0952. The van der Waals surface area contributed by atoms with E-state index < -0.39 is 0 Å². The first-order chi connectivity index (χ1) is 17.0. The Morgan fingerprint density at radius 3 is 2.74 bits per heavy atom. The minimum absolute atomic E-state index is 0.0966. The van der Waals surface area contributed by atoms with Crippen LogP contribution in [0.1, 0.15) is 59.9 Å². The number of para-hydroxylation sites is 2. The van der Waals surface area contributed by atoms with Gasteiger partial charge in [-0.25, -0.2) is 4.98 Å². The average Bonchev–Trinajstić information content (AvgIpc) is 3.22. The number of ether oxygens (including phenoxy) is 1. The van der Waals surface area contributed by atoms with Crippen LogP contribution in [0.4, 0.5) is 0 Å². The standard InChI is InChI=1S/C29H34N4O2/c1-21(2)24-14-13-22(3)19-27(24)35-18-8-17-33-26-11-5-4-10-25(26)32-28(33)12-7-16-31-29(34)23-9-6-15-30-20-23/h4-6,9-11,13-15,19-21H,7-8,12,16-18H2,1-3H3,(H,31,34). The van der Waals surface area contributed by atoms with Gasteiger partial charge in [-0.1, -0.05) is 38.1 Å². The minimum atomic E-state index is -0.0966. The van der Waals surface area contributed by atoms with Crippen LogP contribution in [0.15, 0.2) is 67.0 Å². The van der Waals surface area contributed by atoms with Gasteiger partial charge in [0.1, 0.15) is 11.6 Å². The number of amides is 1. The van der Waals surface area contributed by atoms with E-state index in [1.54, 1.807) is 24.5 Å². The number of carbonyl (C=O) groups is 1. The molecule has 1 N–H and O–H groups in total. The van der Waals surface area contributed by atoms with E-state index in [1.165, 1.54) is 11.1 Å². The van der Waals surface area contributed by atoms with Gasteiger partial charge in [-0.05, 0) is 67.1 Å². The molecule has 0 atom stereocenters. The Morgan fingerprint density at radius 2 is 1.94 bits per heavy atom. The lowest BCUT2D eigenvalue weighted by Crippen LogP contribution is -2.25. The molecule has 4 aromatic rings. The van der Waals surface area contributed by atoms with Crippen molar-refractivity contribution in [2.24, 2.45) is 0 Å². The van der Waals surface area contributed by atoms with Gasteiger partial charge in [0.25, 0.3) is 5.91 Å². The van der Waals surface area contributed by atoms with Gasteiger partial charge in [-0.3, -0.25) is 9.78 Å². The molecule has 0 saturated carbocycles. The molecular formula is C29H34N4O2. The zero-order valence-corrected chi connectivity index (χ0v) is 20.8. The molecule has 182 valence electrons. The van der Waals surface area contributed by atoms with E-state index in [4.69, 9.17) is 9.72 Å². The summed E-state index contributed by atoms with van der Waals surface area (Å²) in [4.78, 5) is 21.1. The molecule has 1 amide bonds. The van der Waals surface area contributed by atoms with Crippen molar-refractivity contribution in [1.29, 1.82) is 0 Å². The summed E-state index contributed by atoms with van der Waals surface area (Å²) >= 11 is 0. The Morgan fingerprint density at radius 1 is 1.09 bits per heavy atom. The molecule has 0 radical (unpaired) electrons. The van der Waals surface area contributed by atoms with Crippen molar-refractivity contribution < 1.29 is 9.53 Å². The molecule has 0 saturated heterocycles. The summed E-state index contributed by atoms with van der Waals surface area (Å²) in [7, 11) is 0. The van der Waals surface area contributed by atoms with Gasteiger partial charge < -0.3 is 14.6 Å². The number of pyridine rings is 1. The molecule has 0 bridgehead atoms. The molecule has 0 fully saturated rings. The smallest absolute Gasteiger partial charge is 0.252 e. The lowest BCUT2D eigenvalue weighted by atomic mass is 10.0. The van der Waals surface area contributed by atoms with Gasteiger partial charge in [-0.15, -0.1) is 0 Å². The molecule has 0 aliphatic heterocycles. The molecule has 0 unspecified atom stereocenters. The van der Waals surface area contributed by atoms with Crippen molar-refractivity contribution in [3.05, 3.63) is 89.5 Å². The van der Waals surface area contributed by atoms with Crippen LogP contribution in [-0.2, 0) is 13.0 Å².